The van der Waals surface area contributed by atoms with Gasteiger partial charge < -0.3 is 14.5 Å². The molecule has 0 spiro atoms. The van der Waals surface area contributed by atoms with Gasteiger partial charge in [-0.1, -0.05) is 13.3 Å². The normalized spacial score (nSPS) is 26.9. The van der Waals surface area contributed by atoms with E-state index in [9.17, 15) is 9.59 Å². The number of rotatable bonds is 1. The summed E-state index contributed by atoms with van der Waals surface area (Å²) in [6.07, 6.45) is 4.76. The Morgan fingerprint density at radius 1 is 1.00 bits per heavy atom. The lowest BCUT2D eigenvalue weighted by Gasteiger charge is -2.37. The van der Waals surface area contributed by atoms with E-state index in [4.69, 9.17) is 4.74 Å². The largest absolute Gasteiger partial charge is 0.444 e. The highest BCUT2D eigenvalue weighted by molar-refractivity contribution is 5.79. The van der Waals surface area contributed by atoms with Crippen LogP contribution >= 0.6 is 0 Å². The van der Waals surface area contributed by atoms with Gasteiger partial charge in [0.2, 0.25) is 5.91 Å². The van der Waals surface area contributed by atoms with Gasteiger partial charge in [0.05, 0.1) is 0 Å². The molecule has 2 saturated heterocycles. The summed E-state index contributed by atoms with van der Waals surface area (Å²) in [5.41, 5.74) is -0.471. The van der Waals surface area contributed by atoms with Gasteiger partial charge in [-0.25, -0.2) is 4.79 Å². The van der Waals surface area contributed by atoms with Gasteiger partial charge in [-0.2, -0.15) is 0 Å². The zero-order valence-corrected chi connectivity index (χ0v) is 16.0. The Hall–Kier alpha value is -1.26. The van der Waals surface area contributed by atoms with E-state index in [-0.39, 0.29) is 12.0 Å². The highest BCUT2D eigenvalue weighted by Gasteiger charge is 2.34. The Labute approximate surface area is 146 Å². The van der Waals surface area contributed by atoms with Crippen molar-refractivity contribution in [2.45, 2.75) is 78.4 Å². The van der Waals surface area contributed by atoms with Crippen molar-refractivity contribution in [1.82, 2.24) is 9.80 Å². The Morgan fingerprint density at radius 3 is 2.21 bits per heavy atom. The second-order valence-electron chi connectivity index (χ2n) is 8.62. The molecule has 0 N–H and O–H groups in total. The van der Waals surface area contributed by atoms with Crippen LogP contribution in [0.25, 0.3) is 0 Å². The van der Waals surface area contributed by atoms with Crippen LogP contribution in [-0.4, -0.2) is 53.1 Å². The van der Waals surface area contributed by atoms with E-state index in [1.165, 1.54) is 12.8 Å². The van der Waals surface area contributed by atoms with Gasteiger partial charge in [0, 0.05) is 31.6 Å². The van der Waals surface area contributed by atoms with E-state index >= 15 is 0 Å². The van der Waals surface area contributed by atoms with Crippen LogP contribution in [0.2, 0.25) is 0 Å². The number of hydrogen-bond donors (Lipinski definition) is 0. The van der Waals surface area contributed by atoms with Crippen LogP contribution in [0.4, 0.5) is 4.79 Å². The van der Waals surface area contributed by atoms with Crippen molar-refractivity contribution in [3.63, 3.8) is 0 Å². The van der Waals surface area contributed by atoms with Crippen molar-refractivity contribution in [2.75, 3.05) is 19.6 Å². The molecule has 0 bridgehead atoms. The summed E-state index contributed by atoms with van der Waals surface area (Å²) in [6.45, 7) is 12.2. The number of amides is 2. The van der Waals surface area contributed by atoms with Gasteiger partial charge in [0.1, 0.15) is 5.60 Å². The van der Waals surface area contributed by atoms with Crippen LogP contribution in [0.15, 0.2) is 0 Å². The fraction of sp³-hybridized carbons (Fsp3) is 0.895. The highest BCUT2D eigenvalue weighted by atomic mass is 16.6. The number of ether oxygens (including phenoxy) is 1. The summed E-state index contributed by atoms with van der Waals surface area (Å²) >= 11 is 0. The van der Waals surface area contributed by atoms with E-state index in [0.717, 1.165) is 25.8 Å². The number of hydrogen-bond acceptors (Lipinski definition) is 3. The number of carbonyl (C=O) groups excluding carboxylic acids is 2. The first-order valence-corrected chi connectivity index (χ1v) is 9.46. The van der Waals surface area contributed by atoms with Crippen molar-refractivity contribution >= 4 is 12.0 Å². The van der Waals surface area contributed by atoms with E-state index in [1.54, 1.807) is 4.90 Å². The Kier molecular flexibility index (Phi) is 6.16. The molecular formula is C19H34N2O3. The molecule has 2 atom stereocenters. The first-order valence-electron chi connectivity index (χ1n) is 9.46. The molecule has 2 aliphatic heterocycles. The van der Waals surface area contributed by atoms with Crippen LogP contribution in [0.3, 0.4) is 0 Å². The monoisotopic (exact) mass is 338 g/mol. The molecule has 5 nitrogen and oxygen atoms in total. The average molecular weight is 338 g/mol. The van der Waals surface area contributed by atoms with Crippen LogP contribution in [-0.2, 0) is 9.53 Å². The molecule has 0 radical (unpaired) electrons. The minimum absolute atomic E-state index is 0.0523. The predicted molar refractivity (Wildman–Crippen MR) is 94.7 cm³/mol. The molecule has 2 aliphatic rings. The van der Waals surface area contributed by atoms with Crippen molar-refractivity contribution in [3.05, 3.63) is 0 Å². The summed E-state index contributed by atoms with van der Waals surface area (Å²) in [5.74, 6) is 0.928. The number of nitrogens with zero attached hydrogens (tertiary/aromatic N) is 2. The molecule has 2 heterocycles. The Morgan fingerprint density at radius 2 is 1.62 bits per heavy atom. The summed E-state index contributed by atoms with van der Waals surface area (Å²) in [4.78, 5) is 28.9. The molecule has 0 saturated carbocycles. The number of likely N-dealkylation sites (tertiary alicyclic amines) is 2. The number of carbonyl (C=O) groups is 2. The summed E-state index contributed by atoms with van der Waals surface area (Å²) in [6, 6.07) is 0.339. The highest BCUT2D eigenvalue weighted by Crippen LogP contribution is 2.26. The van der Waals surface area contributed by atoms with Crippen molar-refractivity contribution < 1.29 is 14.3 Å². The van der Waals surface area contributed by atoms with Crippen LogP contribution in [0.5, 0.6) is 0 Å². The minimum atomic E-state index is -0.471. The average Bonchev–Trinajstić information content (AvgIpc) is 2.66. The Bertz CT molecular complexity index is 450. The topological polar surface area (TPSA) is 49.9 Å². The van der Waals surface area contributed by atoms with Crippen molar-refractivity contribution in [2.24, 2.45) is 11.8 Å². The molecule has 138 valence electrons. The molecule has 0 aromatic heterocycles. The predicted octanol–water partition coefficient (Wildman–Crippen LogP) is 3.67. The summed E-state index contributed by atoms with van der Waals surface area (Å²) < 4.78 is 5.43. The number of piperidine rings is 1. The van der Waals surface area contributed by atoms with Gasteiger partial charge >= 0.3 is 6.09 Å². The zero-order chi connectivity index (χ0) is 17.9. The lowest BCUT2D eigenvalue weighted by molar-refractivity contribution is -0.139. The molecule has 0 aromatic rings. The standard InChI is InChI=1S/C19H34N2O3/c1-14-7-6-8-15(2)21(13-14)17(22)16-9-11-20(12-10-16)18(23)24-19(3,4)5/h14-16H,6-13H2,1-5H3/t14-,15+/m1/s1. The van der Waals surface area contributed by atoms with Crippen molar-refractivity contribution in [1.29, 1.82) is 0 Å². The van der Waals surface area contributed by atoms with Gasteiger partial charge in [-0.3, -0.25) is 4.79 Å². The zero-order valence-electron chi connectivity index (χ0n) is 16.0. The van der Waals surface area contributed by atoms with Gasteiger partial charge in [-0.05, 0) is 59.3 Å². The minimum Gasteiger partial charge on any atom is -0.444 e. The lowest BCUT2D eigenvalue weighted by Crippen LogP contribution is -2.48. The molecule has 2 fully saturated rings. The molecule has 2 rings (SSSR count). The molecule has 0 unspecified atom stereocenters. The van der Waals surface area contributed by atoms with Gasteiger partial charge in [-0.15, -0.1) is 0 Å². The second-order valence-corrected chi connectivity index (χ2v) is 8.62. The first kappa shape index (κ1) is 19.1. The quantitative estimate of drug-likeness (QED) is 0.733. The van der Waals surface area contributed by atoms with E-state index in [1.807, 2.05) is 20.8 Å². The van der Waals surface area contributed by atoms with E-state index in [2.05, 4.69) is 18.7 Å². The van der Waals surface area contributed by atoms with Crippen molar-refractivity contribution in [3.8, 4) is 0 Å². The summed E-state index contributed by atoms with van der Waals surface area (Å²) in [7, 11) is 0. The van der Waals surface area contributed by atoms with Crippen LogP contribution in [0, 0.1) is 11.8 Å². The fourth-order valence-corrected chi connectivity index (χ4v) is 3.70. The third kappa shape index (κ3) is 5.12. The molecule has 0 aliphatic carbocycles. The van der Waals surface area contributed by atoms with Crippen LogP contribution < -0.4 is 0 Å². The summed E-state index contributed by atoms with van der Waals surface area (Å²) in [5, 5.41) is 0. The third-order valence-electron chi connectivity index (χ3n) is 5.14. The smallest absolute Gasteiger partial charge is 0.410 e. The maximum absolute atomic E-state index is 13.0. The van der Waals surface area contributed by atoms with E-state index in [0.29, 0.717) is 31.0 Å². The Balaban J connectivity index is 1.89. The second kappa shape index (κ2) is 7.75. The molecule has 24 heavy (non-hydrogen) atoms. The third-order valence-corrected chi connectivity index (χ3v) is 5.14. The lowest BCUT2D eigenvalue weighted by atomic mass is 9.94. The van der Waals surface area contributed by atoms with E-state index < -0.39 is 5.60 Å². The molecule has 0 aromatic carbocycles. The molecule has 5 heteroatoms. The maximum atomic E-state index is 13.0. The fourth-order valence-electron chi connectivity index (χ4n) is 3.70. The molecule has 2 amide bonds. The SMILES string of the molecule is C[C@@H]1CCC[C@H](C)N(C(=O)C2CCN(C(=O)OC(C)(C)C)CC2)C1. The van der Waals surface area contributed by atoms with Gasteiger partial charge in [0.25, 0.3) is 0 Å². The maximum Gasteiger partial charge on any atom is 0.410 e. The first-order chi connectivity index (χ1) is 11.2. The van der Waals surface area contributed by atoms with Crippen LogP contribution in [0.1, 0.15) is 66.7 Å². The molecular weight excluding hydrogens is 304 g/mol. The van der Waals surface area contributed by atoms with Gasteiger partial charge in [0.15, 0.2) is 0 Å².